The molecule has 1 aromatic rings. The maximum absolute atomic E-state index is 12.2. The number of carbonyl (C=O) groups is 3. The fourth-order valence-corrected chi connectivity index (χ4v) is 2.69. The summed E-state index contributed by atoms with van der Waals surface area (Å²) in [5.41, 5.74) is -1.55. The van der Waals surface area contributed by atoms with Crippen molar-refractivity contribution in [3.8, 4) is 0 Å². The van der Waals surface area contributed by atoms with Gasteiger partial charge >= 0.3 is 12.1 Å². The zero-order valence-electron chi connectivity index (χ0n) is 13.6. The third-order valence-electron chi connectivity index (χ3n) is 3.11. The molecule has 7 heteroatoms. The Bertz CT molecular complexity index is 575. The molecule has 1 atom stereocenters. The molecule has 1 aromatic heterocycles. The molecule has 122 valence electrons. The Labute approximate surface area is 134 Å². The summed E-state index contributed by atoms with van der Waals surface area (Å²) in [5, 5.41) is 1.59. The zero-order valence-corrected chi connectivity index (χ0v) is 14.4. The van der Waals surface area contributed by atoms with Gasteiger partial charge < -0.3 is 14.3 Å². The molecule has 0 fully saturated rings. The van der Waals surface area contributed by atoms with Gasteiger partial charge in [0.25, 0.3) is 0 Å². The van der Waals surface area contributed by atoms with Crippen LogP contribution in [0.15, 0.2) is 11.4 Å². The number of carbonyl (C=O) groups excluding carboxylic acids is 3. The second-order valence-electron chi connectivity index (χ2n) is 6.00. The smallest absolute Gasteiger partial charge is 0.411 e. The summed E-state index contributed by atoms with van der Waals surface area (Å²) in [6.07, 6.45) is 0.0409. The van der Waals surface area contributed by atoms with Gasteiger partial charge in [-0.3, -0.25) is 4.90 Å². The summed E-state index contributed by atoms with van der Waals surface area (Å²) in [6.45, 7) is 6.84. The van der Waals surface area contributed by atoms with Crippen molar-refractivity contribution in [1.29, 1.82) is 0 Å². The lowest BCUT2D eigenvalue weighted by Gasteiger charge is -2.34. The maximum atomic E-state index is 12.2. The number of methoxy groups -OCH3 is 1. The normalized spacial score (nSPS) is 13.9. The minimum absolute atomic E-state index is 0.341. The highest BCUT2D eigenvalue weighted by Gasteiger charge is 2.38. The molecule has 0 bridgehead atoms. The van der Waals surface area contributed by atoms with Gasteiger partial charge in [-0.15, -0.1) is 11.3 Å². The van der Waals surface area contributed by atoms with E-state index >= 15 is 0 Å². The fourth-order valence-electron chi connectivity index (χ4n) is 1.65. The van der Waals surface area contributed by atoms with Gasteiger partial charge in [0.2, 0.25) is 0 Å². The van der Waals surface area contributed by atoms with E-state index in [1.807, 2.05) is 0 Å². The molecule has 6 nitrogen and oxygen atoms in total. The number of amides is 1. The van der Waals surface area contributed by atoms with Crippen molar-refractivity contribution in [1.82, 2.24) is 4.90 Å². The van der Waals surface area contributed by atoms with Gasteiger partial charge in [-0.25, -0.2) is 9.59 Å². The Balaban J connectivity index is 3.10. The van der Waals surface area contributed by atoms with Crippen molar-refractivity contribution in [2.45, 2.75) is 38.8 Å². The first-order chi connectivity index (χ1) is 10.0. The van der Waals surface area contributed by atoms with Gasteiger partial charge in [-0.2, -0.15) is 0 Å². The minimum atomic E-state index is -1.22. The molecule has 0 aromatic carbocycles. The molecular formula is C15H21NO5S. The van der Waals surface area contributed by atoms with Crippen LogP contribution in [-0.4, -0.2) is 43.0 Å². The van der Waals surface area contributed by atoms with Gasteiger partial charge in [0.15, 0.2) is 6.29 Å². The largest absolute Gasteiger partial charge is 0.465 e. The SMILES string of the molecule is COC(=O)c1csc(C(C)(C=O)N(C)C(=O)OC(C)(C)C)c1. The predicted molar refractivity (Wildman–Crippen MR) is 83.1 cm³/mol. The van der Waals surface area contributed by atoms with Crippen LogP contribution in [0, 0.1) is 0 Å². The van der Waals surface area contributed by atoms with Crippen molar-refractivity contribution in [3.63, 3.8) is 0 Å². The van der Waals surface area contributed by atoms with Crippen molar-refractivity contribution in [2.24, 2.45) is 0 Å². The van der Waals surface area contributed by atoms with Crippen LogP contribution in [0.25, 0.3) is 0 Å². The van der Waals surface area contributed by atoms with E-state index in [0.29, 0.717) is 16.7 Å². The number of hydrogen-bond donors (Lipinski definition) is 0. The van der Waals surface area contributed by atoms with Crippen LogP contribution < -0.4 is 0 Å². The van der Waals surface area contributed by atoms with Crippen molar-refractivity contribution < 1.29 is 23.9 Å². The summed E-state index contributed by atoms with van der Waals surface area (Å²) in [6, 6.07) is 1.55. The van der Waals surface area contributed by atoms with Crippen LogP contribution in [0.2, 0.25) is 0 Å². The van der Waals surface area contributed by atoms with Crippen LogP contribution in [0.4, 0.5) is 4.79 Å². The fraction of sp³-hybridized carbons (Fsp3) is 0.533. The summed E-state index contributed by atoms with van der Waals surface area (Å²) in [5.74, 6) is -0.490. The summed E-state index contributed by atoms with van der Waals surface area (Å²) in [4.78, 5) is 37.1. The van der Waals surface area contributed by atoms with E-state index < -0.39 is 23.2 Å². The van der Waals surface area contributed by atoms with E-state index in [0.717, 1.165) is 0 Å². The highest BCUT2D eigenvalue weighted by molar-refractivity contribution is 7.10. The topological polar surface area (TPSA) is 72.9 Å². The summed E-state index contributed by atoms with van der Waals surface area (Å²) in [7, 11) is 2.77. The van der Waals surface area contributed by atoms with Gasteiger partial charge in [0.05, 0.1) is 12.7 Å². The molecule has 0 N–H and O–H groups in total. The second-order valence-corrected chi connectivity index (χ2v) is 6.91. The van der Waals surface area contributed by atoms with Crippen LogP contribution in [-0.2, 0) is 19.8 Å². The minimum Gasteiger partial charge on any atom is -0.465 e. The van der Waals surface area contributed by atoms with E-state index in [1.165, 1.54) is 30.4 Å². The van der Waals surface area contributed by atoms with E-state index in [1.54, 1.807) is 39.1 Å². The predicted octanol–water partition coefficient (Wildman–Crippen LogP) is 2.82. The molecule has 0 aliphatic rings. The Kier molecular flexibility index (Phi) is 5.35. The highest BCUT2D eigenvalue weighted by Crippen LogP contribution is 2.32. The summed E-state index contributed by atoms with van der Waals surface area (Å²) < 4.78 is 9.93. The Morgan fingerprint density at radius 1 is 1.27 bits per heavy atom. The lowest BCUT2D eigenvalue weighted by Crippen LogP contribution is -2.47. The number of aldehydes is 1. The third-order valence-corrected chi connectivity index (χ3v) is 4.27. The monoisotopic (exact) mass is 327 g/mol. The maximum Gasteiger partial charge on any atom is 0.411 e. The Morgan fingerprint density at radius 3 is 2.32 bits per heavy atom. The zero-order chi connectivity index (χ0) is 17.1. The number of ether oxygens (including phenoxy) is 2. The molecule has 1 rings (SSSR count). The van der Waals surface area contributed by atoms with E-state index in [2.05, 4.69) is 4.74 Å². The van der Waals surface area contributed by atoms with Crippen LogP contribution in [0.5, 0.6) is 0 Å². The van der Waals surface area contributed by atoms with Gasteiger partial charge in [0, 0.05) is 17.3 Å². The molecule has 1 amide bonds. The van der Waals surface area contributed by atoms with Gasteiger partial charge in [-0.05, 0) is 33.8 Å². The number of esters is 1. The summed E-state index contributed by atoms with van der Waals surface area (Å²) >= 11 is 1.21. The number of nitrogens with zero attached hydrogens (tertiary/aromatic N) is 1. The number of likely N-dealkylation sites (N-methyl/N-ethyl adjacent to an activating group) is 1. The third kappa shape index (κ3) is 3.85. The molecule has 0 saturated heterocycles. The molecule has 22 heavy (non-hydrogen) atoms. The molecule has 1 heterocycles. The van der Waals surface area contributed by atoms with E-state index in [-0.39, 0.29) is 0 Å². The van der Waals surface area contributed by atoms with E-state index in [9.17, 15) is 14.4 Å². The molecule has 0 spiro atoms. The molecule has 0 aliphatic carbocycles. The van der Waals surface area contributed by atoms with Crippen LogP contribution in [0.1, 0.15) is 42.9 Å². The first-order valence-corrected chi connectivity index (χ1v) is 7.53. The Morgan fingerprint density at radius 2 is 1.86 bits per heavy atom. The van der Waals surface area contributed by atoms with Gasteiger partial charge in [0.1, 0.15) is 11.1 Å². The first-order valence-electron chi connectivity index (χ1n) is 6.65. The second kappa shape index (κ2) is 6.48. The number of thiophene rings is 1. The number of hydrogen-bond acceptors (Lipinski definition) is 6. The van der Waals surface area contributed by atoms with Crippen molar-refractivity contribution in [2.75, 3.05) is 14.2 Å². The van der Waals surface area contributed by atoms with Crippen LogP contribution in [0.3, 0.4) is 0 Å². The molecule has 1 unspecified atom stereocenters. The van der Waals surface area contributed by atoms with Crippen molar-refractivity contribution in [3.05, 3.63) is 21.9 Å². The molecular weight excluding hydrogens is 306 g/mol. The van der Waals surface area contributed by atoms with Gasteiger partial charge in [-0.1, -0.05) is 0 Å². The Hall–Kier alpha value is -1.89. The quantitative estimate of drug-likeness (QED) is 0.628. The lowest BCUT2D eigenvalue weighted by atomic mass is 10.00. The van der Waals surface area contributed by atoms with E-state index in [4.69, 9.17) is 4.74 Å². The molecule has 0 radical (unpaired) electrons. The molecule has 0 saturated carbocycles. The van der Waals surface area contributed by atoms with Crippen LogP contribution >= 0.6 is 11.3 Å². The number of rotatable bonds is 4. The highest BCUT2D eigenvalue weighted by atomic mass is 32.1. The first kappa shape index (κ1) is 18.2. The average Bonchev–Trinajstić information content (AvgIpc) is 2.93. The lowest BCUT2D eigenvalue weighted by molar-refractivity contribution is -0.117. The molecule has 0 aliphatic heterocycles. The standard InChI is InChI=1S/C15H21NO5S/c1-14(2,3)21-13(19)16(5)15(4,9-17)11-7-10(8-22-11)12(18)20-6/h7-9H,1-6H3. The average molecular weight is 327 g/mol. The van der Waals surface area contributed by atoms with Crippen molar-refractivity contribution >= 4 is 29.7 Å².